The van der Waals surface area contributed by atoms with Crippen molar-refractivity contribution in [1.29, 1.82) is 0 Å². The fraction of sp³-hybridized carbons (Fsp3) is 0.269. The molecule has 33 heavy (non-hydrogen) atoms. The summed E-state index contributed by atoms with van der Waals surface area (Å²) < 4.78 is 33.7. The molecule has 1 N–H and O–H groups in total. The number of anilines is 1. The standard InChI is InChI=1S/C26H26N2O4S/c1-17-11-13-28(14-12-17)33(30,31)20-9-7-18(2)23(16-20)26(29)27-19-8-10-22-21-5-3-4-6-24(21)32-25(22)15-19/h3-10,15-17H,11-14H2,1-2H3,(H,27,29). The van der Waals surface area contributed by atoms with E-state index in [0.29, 0.717) is 41.4 Å². The third kappa shape index (κ3) is 4.03. The summed E-state index contributed by atoms with van der Waals surface area (Å²) in [7, 11) is -3.64. The van der Waals surface area contributed by atoms with E-state index in [4.69, 9.17) is 4.42 Å². The Bertz CT molecular complexity index is 1460. The van der Waals surface area contributed by atoms with E-state index in [9.17, 15) is 13.2 Å². The van der Waals surface area contributed by atoms with E-state index in [1.54, 1.807) is 25.1 Å². The molecule has 7 heteroatoms. The van der Waals surface area contributed by atoms with E-state index in [1.165, 1.54) is 10.4 Å². The van der Waals surface area contributed by atoms with E-state index in [2.05, 4.69) is 12.2 Å². The van der Waals surface area contributed by atoms with Gasteiger partial charge < -0.3 is 9.73 Å². The first-order valence-electron chi connectivity index (χ1n) is 11.2. The Morgan fingerprint density at radius 1 is 0.970 bits per heavy atom. The summed E-state index contributed by atoms with van der Waals surface area (Å²) in [5, 5.41) is 4.89. The topological polar surface area (TPSA) is 79.6 Å². The summed E-state index contributed by atoms with van der Waals surface area (Å²) in [6.45, 7) is 4.96. The molecule has 1 saturated heterocycles. The molecule has 1 aromatic heterocycles. The first-order valence-corrected chi connectivity index (χ1v) is 12.6. The van der Waals surface area contributed by atoms with E-state index in [0.717, 1.165) is 29.2 Å². The smallest absolute Gasteiger partial charge is 0.255 e. The van der Waals surface area contributed by atoms with Crippen molar-refractivity contribution in [1.82, 2.24) is 4.31 Å². The van der Waals surface area contributed by atoms with Crippen LogP contribution in [0.1, 0.15) is 35.7 Å². The molecule has 3 aromatic carbocycles. The minimum atomic E-state index is -3.64. The molecule has 2 heterocycles. The van der Waals surface area contributed by atoms with Gasteiger partial charge in [0.15, 0.2) is 0 Å². The molecule has 0 radical (unpaired) electrons. The molecule has 0 aliphatic carbocycles. The number of rotatable bonds is 4. The maximum absolute atomic E-state index is 13.2. The van der Waals surface area contributed by atoms with Crippen LogP contribution in [-0.2, 0) is 10.0 Å². The second kappa shape index (κ2) is 8.32. The zero-order valence-electron chi connectivity index (χ0n) is 18.7. The minimum absolute atomic E-state index is 0.153. The molecule has 1 amide bonds. The van der Waals surface area contributed by atoms with Gasteiger partial charge >= 0.3 is 0 Å². The zero-order valence-corrected chi connectivity index (χ0v) is 19.5. The Labute approximate surface area is 193 Å². The SMILES string of the molecule is Cc1ccc(S(=O)(=O)N2CCC(C)CC2)cc1C(=O)Nc1ccc2c(c1)oc1ccccc12. The number of piperidine rings is 1. The number of sulfonamides is 1. The van der Waals surface area contributed by atoms with Crippen LogP contribution in [0.5, 0.6) is 0 Å². The van der Waals surface area contributed by atoms with Crippen LogP contribution in [0.2, 0.25) is 0 Å². The molecule has 6 nitrogen and oxygen atoms in total. The van der Waals surface area contributed by atoms with Crippen molar-refractivity contribution in [2.45, 2.75) is 31.6 Å². The quantitative estimate of drug-likeness (QED) is 0.430. The highest BCUT2D eigenvalue weighted by atomic mass is 32.2. The van der Waals surface area contributed by atoms with Gasteiger partial charge in [0, 0.05) is 41.2 Å². The van der Waals surface area contributed by atoms with Crippen LogP contribution >= 0.6 is 0 Å². The Balaban J connectivity index is 1.42. The van der Waals surface area contributed by atoms with Gasteiger partial charge in [0.1, 0.15) is 11.2 Å². The molecule has 0 atom stereocenters. The summed E-state index contributed by atoms with van der Waals surface area (Å²) in [4.78, 5) is 13.2. The number of fused-ring (bicyclic) bond motifs is 3. The Hall–Kier alpha value is -3.16. The minimum Gasteiger partial charge on any atom is -0.456 e. The monoisotopic (exact) mass is 462 g/mol. The highest BCUT2D eigenvalue weighted by Crippen LogP contribution is 2.31. The van der Waals surface area contributed by atoms with Crippen LogP contribution < -0.4 is 5.32 Å². The number of nitrogens with zero attached hydrogens (tertiary/aromatic N) is 1. The largest absolute Gasteiger partial charge is 0.456 e. The maximum Gasteiger partial charge on any atom is 0.255 e. The zero-order chi connectivity index (χ0) is 23.2. The summed E-state index contributed by atoms with van der Waals surface area (Å²) in [6, 6.07) is 18.1. The summed E-state index contributed by atoms with van der Waals surface area (Å²) in [5.74, 6) is 0.173. The van der Waals surface area contributed by atoms with Crippen molar-refractivity contribution in [3.8, 4) is 0 Å². The first-order chi connectivity index (χ1) is 15.8. The molecule has 170 valence electrons. The van der Waals surface area contributed by atoms with E-state index < -0.39 is 10.0 Å². The average molecular weight is 463 g/mol. The number of nitrogens with one attached hydrogen (secondary N) is 1. The number of carbonyl (C=O) groups excluding carboxylic acids is 1. The van der Waals surface area contributed by atoms with E-state index in [1.807, 2.05) is 36.4 Å². The molecule has 0 spiro atoms. The third-order valence-electron chi connectivity index (χ3n) is 6.47. The van der Waals surface area contributed by atoms with Crippen molar-refractivity contribution in [2.24, 2.45) is 5.92 Å². The number of aryl methyl sites for hydroxylation is 1. The van der Waals surface area contributed by atoms with Gasteiger partial charge in [-0.05, 0) is 61.6 Å². The lowest BCUT2D eigenvalue weighted by Gasteiger charge is -2.29. The van der Waals surface area contributed by atoms with Crippen LogP contribution in [0.25, 0.3) is 21.9 Å². The fourth-order valence-electron chi connectivity index (χ4n) is 4.38. The van der Waals surface area contributed by atoms with Gasteiger partial charge in [0.05, 0.1) is 4.90 Å². The molecule has 0 unspecified atom stereocenters. The number of para-hydroxylation sites is 1. The molecule has 1 fully saturated rings. The van der Waals surface area contributed by atoms with Crippen molar-refractivity contribution in [3.63, 3.8) is 0 Å². The lowest BCUT2D eigenvalue weighted by Crippen LogP contribution is -2.38. The highest BCUT2D eigenvalue weighted by Gasteiger charge is 2.29. The highest BCUT2D eigenvalue weighted by molar-refractivity contribution is 7.89. The molecule has 4 aromatic rings. The lowest BCUT2D eigenvalue weighted by molar-refractivity contribution is 0.102. The number of amides is 1. The normalized spacial score (nSPS) is 15.8. The van der Waals surface area contributed by atoms with Crippen LogP contribution in [0.4, 0.5) is 5.69 Å². The Morgan fingerprint density at radius 3 is 2.48 bits per heavy atom. The second-order valence-corrected chi connectivity index (χ2v) is 10.8. The number of hydrogen-bond acceptors (Lipinski definition) is 4. The van der Waals surface area contributed by atoms with Crippen molar-refractivity contribution < 1.29 is 17.6 Å². The second-order valence-electron chi connectivity index (χ2n) is 8.83. The van der Waals surface area contributed by atoms with Gasteiger partial charge in [-0.1, -0.05) is 31.2 Å². The van der Waals surface area contributed by atoms with Crippen molar-refractivity contribution in [2.75, 3.05) is 18.4 Å². The molecular weight excluding hydrogens is 436 g/mol. The molecule has 1 aliphatic rings. The number of furan rings is 1. The Kier molecular flexibility index (Phi) is 5.46. The van der Waals surface area contributed by atoms with Gasteiger partial charge in [-0.15, -0.1) is 0 Å². The van der Waals surface area contributed by atoms with Crippen LogP contribution in [-0.4, -0.2) is 31.7 Å². The Morgan fingerprint density at radius 2 is 1.70 bits per heavy atom. The third-order valence-corrected chi connectivity index (χ3v) is 8.37. The average Bonchev–Trinajstić information content (AvgIpc) is 3.17. The van der Waals surface area contributed by atoms with Crippen LogP contribution in [0.15, 0.2) is 70.0 Å². The van der Waals surface area contributed by atoms with Gasteiger partial charge in [0.2, 0.25) is 10.0 Å². The van der Waals surface area contributed by atoms with E-state index in [-0.39, 0.29) is 10.8 Å². The molecule has 1 aliphatic heterocycles. The van der Waals surface area contributed by atoms with Gasteiger partial charge in [-0.25, -0.2) is 8.42 Å². The molecule has 0 saturated carbocycles. The van der Waals surface area contributed by atoms with Crippen LogP contribution in [0, 0.1) is 12.8 Å². The van der Waals surface area contributed by atoms with Gasteiger partial charge in [-0.3, -0.25) is 4.79 Å². The number of benzene rings is 3. The predicted molar refractivity (Wildman–Crippen MR) is 130 cm³/mol. The van der Waals surface area contributed by atoms with Crippen molar-refractivity contribution in [3.05, 3.63) is 71.8 Å². The first kappa shape index (κ1) is 21.7. The maximum atomic E-state index is 13.2. The van der Waals surface area contributed by atoms with Gasteiger partial charge in [0.25, 0.3) is 5.91 Å². The summed E-state index contributed by atoms with van der Waals surface area (Å²) >= 11 is 0. The lowest BCUT2D eigenvalue weighted by atomic mass is 10.0. The van der Waals surface area contributed by atoms with Crippen molar-refractivity contribution >= 4 is 43.6 Å². The summed E-state index contributed by atoms with van der Waals surface area (Å²) in [5.41, 5.74) is 3.11. The molecule has 5 rings (SSSR count). The molecule has 0 bridgehead atoms. The fourth-order valence-corrected chi connectivity index (χ4v) is 5.88. The summed E-state index contributed by atoms with van der Waals surface area (Å²) in [6.07, 6.45) is 1.70. The predicted octanol–water partition coefficient (Wildman–Crippen LogP) is 5.57. The molecular formula is C26H26N2O4S. The van der Waals surface area contributed by atoms with Gasteiger partial charge in [-0.2, -0.15) is 4.31 Å². The number of carbonyl (C=O) groups is 1. The number of hydrogen-bond donors (Lipinski definition) is 1. The van der Waals surface area contributed by atoms with Crippen LogP contribution in [0.3, 0.4) is 0 Å². The van der Waals surface area contributed by atoms with E-state index >= 15 is 0 Å².